The predicted octanol–water partition coefficient (Wildman–Crippen LogP) is 4.21. The number of hydrogen-bond acceptors (Lipinski definition) is 2. The van der Waals surface area contributed by atoms with Crippen molar-refractivity contribution in [3.05, 3.63) is 23.3 Å². The van der Waals surface area contributed by atoms with Gasteiger partial charge in [-0.15, -0.1) is 0 Å². The number of carbonyl (C=O) groups is 1. The molecule has 0 amide bonds. The van der Waals surface area contributed by atoms with Gasteiger partial charge >= 0.3 is 0 Å². The summed E-state index contributed by atoms with van der Waals surface area (Å²) < 4.78 is 5.57. The van der Waals surface area contributed by atoms with Crippen LogP contribution in [0.15, 0.2) is 23.3 Å². The molecule has 102 valence electrons. The fourth-order valence-electron chi connectivity index (χ4n) is 2.17. The molecule has 0 aromatic carbocycles. The highest BCUT2D eigenvalue weighted by atomic mass is 16.6. The molecule has 0 bridgehead atoms. The first-order chi connectivity index (χ1) is 8.31. The van der Waals surface area contributed by atoms with Crippen molar-refractivity contribution in [3.63, 3.8) is 0 Å². The van der Waals surface area contributed by atoms with Crippen molar-refractivity contribution < 1.29 is 9.53 Å². The van der Waals surface area contributed by atoms with E-state index < -0.39 is 0 Å². The highest BCUT2D eigenvalue weighted by Gasteiger charge is 2.46. The minimum Gasteiger partial charge on any atom is -0.367 e. The topological polar surface area (TPSA) is 29.6 Å². The van der Waals surface area contributed by atoms with Gasteiger partial charge in [0.1, 0.15) is 0 Å². The SMILES string of the molecule is CC(=O)C=C(C)CCC=C(C)CCC1OC1(C)C. The Morgan fingerprint density at radius 2 is 1.78 bits per heavy atom. The van der Waals surface area contributed by atoms with Crippen molar-refractivity contribution in [2.45, 2.75) is 72.0 Å². The van der Waals surface area contributed by atoms with Gasteiger partial charge in [-0.25, -0.2) is 0 Å². The maximum Gasteiger partial charge on any atom is 0.152 e. The second-order valence-electron chi connectivity index (χ2n) is 5.94. The Balaban J connectivity index is 2.20. The van der Waals surface area contributed by atoms with Gasteiger partial charge in [-0.1, -0.05) is 17.2 Å². The standard InChI is InChI=1S/C16H26O2/c1-12(9-10-15-16(4,5)18-15)7-6-8-13(2)11-14(3)17/h7,11,15H,6,8-10H2,1-5H3. The third-order valence-corrected chi connectivity index (χ3v) is 3.45. The van der Waals surface area contributed by atoms with Crippen LogP contribution in [0.1, 0.15) is 60.3 Å². The number of allylic oxidation sites excluding steroid dienone is 4. The van der Waals surface area contributed by atoms with E-state index in [1.165, 1.54) is 11.1 Å². The Morgan fingerprint density at radius 3 is 2.28 bits per heavy atom. The average molecular weight is 250 g/mol. The molecule has 2 heteroatoms. The van der Waals surface area contributed by atoms with Crippen molar-refractivity contribution in [3.8, 4) is 0 Å². The number of hydrogen-bond donors (Lipinski definition) is 0. The van der Waals surface area contributed by atoms with Gasteiger partial charge < -0.3 is 4.74 Å². The van der Waals surface area contributed by atoms with Crippen molar-refractivity contribution in [1.82, 2.24) is 0 Å². The fourth-order valence-corrected chi connectivity index (χ4v) is 2.17. The molecular weight excluding hydrogens is 224 g/mol. The summed E-state index contributed by atoms with van der Waals surface area (Å²) in [4.78, 5) is 10.9. The molecule has 1 heterocycles. The molecule has 1 aliphatic heterocycles. The zero-order chi connectivity index (χ0) is 13.8. The molecule has 0 radical (unpaired) electrons. The van der Waals surface area contributed by atoms with Gasteiger partial charge in [0.15, 0.2) is 5.78 Å². The van der Waals surface area contributed by atoms with E-state index in [-0.39, 0.29) is 11.4 Å². The van der Waals surface area contributed by atoms with Crippen LogP contribution in [-0.4, -0.2) is 17.5 Å². The van der Waals surface area contributed by atoms with Crippen LogP contribution >= 0.6 is 0 Å². The first-order valence-corrected chi connectivity index (χ1v) is 6.82. The average Bonchev–Trinajstić information content (AvgIpc) is 2.82. The van der Waals surface area contributed by atoms with Gasteiger partial charge in [-0.05, 0) is 66.4 Å². The summed E-state index contributed by atoms with van der Waals surface area (Å²) in [6.07, 6.45) is 8.69. The normalized spacial score (nSPS) is 23.1. The molecular formula is C16H26O2. The largest absolute Gasteiger partial charge is 0.367 e. The van der Waals surface area contributed by atoms with E-state index in [9.17, 15) is 4.79 Å². The third-order valence-electron chi connectivity index (χ3n) is 3.45. The molecule has 1 atom stereocenters. The Bertz CT molecular complexity index is 361. The number of epoxide rings is 1. The second-order valence-corrected chi connectivity index (χ2v) is 5.94. The second kappa shape index (κ2) is 6.33. The molecule has 1 fully saturated rings. The predicted molar refractivity (Wildman–Crippen MR) is 75.6 cm³/mol. The van der Waals surface area contributed by atoms with Crippen LogP contribution in [-0.2, 0) is 9.53 Å². The van der Waals surface area contributed by atoms with Crippen LogP contribution in [0, 0.1) is 0 Å². The quantitative estimate of drug-likeness (QED) is 0.385. The molecule has 1 saturated heterocycles. The zero-order valence-corrected chi connectivity index (χ0v) is 12.4. The molecule has 0 aromatic heterocycles. The first-order valence-electron chi connectivity index (χ1n) is 6.82. The van der Waals surface area contributed by atoms with Gasteiger partial charge in [-0.2, -0.15) is 0 Å². The highest BCUT2D eigenvalue weighted by Crippen LogP contribution is 2.38. The van der Waals surface area contributed by atoms with E-state index >= 15 is 0 Å². The van der Waals surface area contributed by atoms with Gasteiger partial charge in [-0.3, -0.25) is 4.79 Å². The smallest absolute Gasteiger partial charge is 0.152 e. The van der Waals surface area contributed by atoms with E-state index in [0.717, 1.165) is 25.7 Å². The zero-order valence-electron chi connectivity index (χ0n) is 12.4. The Labute approximate surface area is 111 Å². The molecule has 18 heavy (non-hydrogen) atoms. The molecule has 1 unspecified atom stereocenters. The summed E-state index contributed by atoms with van der Waals surface area (Å²) in [7, 11) is 0. The molecule has 0 aromatic rings. The number of ether oxygens (including phenoxy) is 1. The van der Waals surface area contributed by atoms with Crippen molar-refractivity contribution in [2.24, 2.45) is 0 Å². The van der Waals surface area contributed by atoms with E-state index in [1.807, 2.05) is 6.92 Å². The van der Waals surface area contributed by atoms with Crippen LogP contribution in [0.2, 0.25) is 0 Å². The van der Waals surface area contributed by atoms with Crippen LogP contribution in [0.25, 0.3) is 0 Å². The lowest BCUT2D eigenvalue weighted by Gasteiger charge is -2.01. The van der Waals surface area contributed by atoms with E-state index in [0.29, 0.717) is 6.10 Å². The van der Waals surface area contributed by atoms with Crippen LogP contribution in [0.3, 0.4) is 0 Å². The lowest BCUT2D eigenvalue weighted by Crippen LogP contribution is -2.02. The first kappa shape index (κ1) is 15.2. The van der Waals surface area contributed by atoms with E-state index in [4.69, 9.17) is 4.74 Å². The summed E-state index contributed by atoms with van der Waals surface area (Å²) in [5, 5.41) is 0. The number of rotatable bonds is 7. The molecule has 1 rings (SSSR count). The molecule has 2 nitrogen and oxygen atoms in total. The Morgan fingerprint density at radius 1 is 1.17 bits per heavy atom. The minimum absolute atomic E-state index is 0.112. The van der Waals surface area contributed by atoms with Crippen molar-refractivity contribution >= 4 is 5.78 Å². The maximum absolute atomic E-state index is 10.9. The highest BCUT2D eigenvalue weighted by molar-refractivity contribution is 5.87. The van der Waals surface area contributed by atoms with Crippen LogP contribution in [0.4, 0.5) is 0 Å². The van der Waals surface area contributed by atoms with Gasteiger partial charge in [0.2, 0.25) is 0 Å². The van der Waals surface area contributed by atoms with Gasteiger partial charge in [0.25, 0.3) is 0 Å². The Hall–Kier alpha value is -0.890. The molecule has 0 aliphatic carbocycles. The van der Waals surface area contributed by atoms with Crippen LogP contribution < -0.4 is 0 Å². The third kappa shape index (κ3) is 5.63. The van der Waals surface area contributed by atoms with Gasteiger partial charge in [0.05, 0.1) is 11.7 Å². The fraction of sp³-hybridized carbons (Fsp3) is 0.688. The monoisotopic (exact) mass is 250 g/mol. The van der Waals surface area contributed by atoms with E-state index in [1.54, 1.807) is 13.0 Å². The van der Waals surface area contributed by atoms with Gasteiger partial charge in [0, 0.05) is 0 Å². The van der Waals surface area contributed by atoms with Crippen LogP contribution in [0.5, 0.6) is 0 Å². The van der Waals surface area contributed by atoms with Crippen molar-refractivity contribution in [2.75, 3.05) is 0 Å². The summed E-state index contributed by atoms with van der Waals surface area (Å²) in [6.45, 7) is 10.1. The molecule has 0 spiro atoms. The summed E-state index contributed by atoms with van der Waals surface area (Å²) in [5.41, 5.74) is 2.70. The Kier molecular flexibility index (Phi) is 5.33. The summed E-state index contributed by atoms with van der Waals surface area (Å²) in [5.74, 6) is 0.140. The molecule has 0 N–H and O–H groups in total. The molecule has 0 saturated carbocycles. The maximum atomic E-state index is 10.9. The number of ketones is 1. The number of carbonyl (C=O) groups excluding carboxylic acids is 1. The lowest BCUT2D eigenvalue weighted by molar-refractivity contribution is -0.112. The van der Waals surface area contributed by atoms with Crippen molar-refractivity contribution in [1.29, 1.82) is 0 Å². The minimum atomic E-state index is 0.112. The molecule has 1 aliphatic rings. The lowest BCUT2D eigenvalue weighted by atomic mass is 10.0. The summed E-state index contributed by atoms with van der Waals surface area (Å²) >= 11 is 0. The van der Waals surface area contributed by atoms with E-state index in [2.05, 4.69) is 26.8 Å². The summed E-state index contributed by atoms with van der Waals surface area (Å²) in [6, 6.07) is 0.